The van der Waals surface area contributed by atoms with Gasteiger partial charge in [0.05, 0.1) is 0 Å². The van der Waals surface area contributed by atoms with Crippen LogP contribution >= 0.6 is 0 Å². The van der Waals surface area contributed by atoms with Gasteiger partial charge in [-0.05, 0) is 19.4 Å². The lowest BCUT2D eigenvalue weighted by Gasteiger charge is -2.36. The second-order valence-corrected chi connectivity index (χ2v) is 5.23. The van der Waals surface area contributed by atoms with Crippen LogP contribution in [0, 0.1) is 0 Å². The standard InChI is InChI=1S/C13H28N4/c1-2-13(17-11-6-15-7-12-17)3-8-16-9-4-14-5-10-16/h13-15H,2-12H2,1H3. The molecule has 0 saturated carbocycles. The van der Waals surface area contributed by atoms with Crippen LogP contribution in [0.1, 0.15) is 19.8 Å². The monoisotopic (exact) mass is 240 g/mol. The summed E-state index contributed by atoms with van der Waals surface area (Å²) in [5.74, 6) is 0. The first-order chi connectivity index (χ1) is 8.40. The molecule has 1 unspecified atom stereocenters. The van der Waals surface area contributed by atoms with Gasteiger partial charge in [0.2, 0.25) is 0 Å². The number of nitrogens with zero attached hydrogens (tertiary/aromatic N) is 2. The molecular weight excluding hydrogens is 212 g/mol. The Bertz CT molecular complexity index is 198. The smallest absolute Gasteiger partial charge is 0.0110 e. The van der Waals surface area contributed by atoms with E-state index in [2.05, 4.69) is 27.4 Å². The molecule has 1 atom stereocenters. The van der Waals surface area contributed by atoms with E-state index in [1.807, 2.05) is 0 Å². The molecule has 2 N–H and O–H groups in total. The van der Waals surface area contributed by atoms with E-state index < -0.39 is 0 Å². The molecule has 0 amide bonds. The van der Waals surface area contributed by atoms with Crippen LogP contribution in [0.5, 0.6) is 0 Å². The van der Waals surface area contributed by atoms with Gasteiger partial charge in [0.15, 0.2) is 0 Å². The fourth-order valence-corrected chi connectivity index (χ4v) is 2.96. The lowest BCUT2D eigenvalue weighted by molar-refractivity contribution is 0.139. The number of rotatable bonds is 5. The minimum atomic E-state index is 0.798. The molecule has 2 saturated heterocycles. The Labute approximate surface area is 106 Å². The SMILES string of the molecule is CCC(CCN1CCNCC1)N1CCNCC1. The highest BCUT2D eigenvalue weighted by molar-refractivity contribution is 4.78. The first-order valence-electron chi connectivity index (χ1n) is 7.28. The summed E-state index contributed by atoms with van der Waals surface area (Å²) in [5, 5.41) is 6.86. The number of hydrogen-bond acceptors (Lipinski definition) is 4. The summed E-state index contributed by atoms with van der Waals surface area (Å²) in [6.07, 6.45) is 2.64. The minimum Gasteiger partial charge on any atom is -0.314 e. The zero-order valence-corrected chi connectivity index (χ0v) is 11.2. The Morgan fingerprint density at radius 2 is 1.53 bits per heavy atom. The normalized spacial score (nSPS) is 25.9. The van der Waals surface area contributed by atoms with E-state index in [1.165, 1.54) is 71.7 Å². The average Bonchev–Trinajstić information content (AvgIpc) is 2.42. The molecule has 4 nitrogen and oxygen atoms in total. The molecule has 0 spiro atoms. The van der Waals surface area contributed by atoms with Gasteiger partial charge in [0.1, 0.15) is 0 Å². The van der Waals surface area contributed by atoms with Crippen molar-refractivity contribution in [3.05, 3.63) is 0 Å². The highest BCUT2D eigenvalue weighted by Gasteiger charge is 2.20. The average molecular weight is 240 g/mol. The molecule has 2 aliphatic rings. The second kappa shape index (κ2) is 7.31. The van der Waals surface area contributed by atoms with Gasteiger partial charge in [-0.25, -0.2) is 0 Å². The van der Waals surface area contributed by atoms with E-state index in [1.54, 1.807) is 0 Å². The van der Waals surface area contributed by atoms with Gasteiger partial charge in [-0.3, -0.25) is 4.90 Å². The van der Waals surface area contributed by atoms with E-state index in [0.717, 1.165) is 6.04 Å². The van der Waals surface area contributed by atoms with Crippen molar-refractivity contribution in [1.29, 1.82) is 0 Å². The maximum atomic E-state index is 3.44. The lowest BCUT2D eigenvalue weighted by Crippen LogP contribution is -2.50. The highest BCUT2D eigenvalue weighted by Crippen LogP contribution is 2.11. The number of hydrogen-bond donors (Lipinski definition) is 2. The molecule has 4 heteroatoms. The molecule has 2 rings (SSSR count). The fourth-order valence-electron chi connectivity index (χ4n) is 2.96. The summed E-state index contributed by atoms with van der Waals surface area (Å²) < 4.78 is 0. The molecule has 0 radical (unpaired) electrons. The van der Waals surface area contributed by atoms with Crippen molar-refractivity contribution in [1.82, 2.24) is 20.4 Å². The van der Waals surface area contributed by atoms with E-state index in [4.69, 9.17) is 0 Å². The third-order valence-electron chi connectivity index (χ3n) is 4.13. The molecule has 2 fully saturated rings. The van der Waals surface area contributed by atoms with Gasteiger partial charge >= 0.3 is 0 Å². The third kappa shape index (κ3) is 4.21. The summed E-state index contributed by atoms with van der Waals surface area (Å²) in [7, 11) is 0. The summed E-state index contributed by atoms with van der Waals surface area (Å²) in [4.78, 5) is 5.29. The van der Waals surface area contributed by atoms with Crippen LogP contribution < -0.4 is 10.6 Å². The van der Waals surface area contributed by atoms with Crippen LogP contribution in [-0.4, -0.2) is 74.7 Å². The van der Waals surface area contributed by atoms with E-state index >= 15 is 0 Å². The minimum absolute atomic E-state index is 0.798. The second-order valence-electron chi connectivity index (χ2n) is 5.23. The first-order valence-corrected chi connectivity index (χ1v) is 7.28. The van der Waals surface area contributed by atoms with E-state index in [-0.39, 0.29) is 0 Å². The summed E-state index contributed by atoms with van der Waals surface area (Å²) >= 11 is 0. The summed E-state index contributed by atoms with van der Waals surface area (Å²) in [6.45, 7) is 13.2. The molecule has 0 aromatic rings. The van der Waals surface area contributed by atoms with Crippen LogP contribution in [0.15, 0.2) is 0 Å². The Morgan fingerprint density at radius 1 is 0.941 bits per heavy atom. The van der Waals surface area contributed by atoms with Gasteiger partial charge in [-0.15, -0.1) is 0 Å². The molecule has 0 aromatic carbocycles. The van der Waals surface area contributed by atoms with Crippen LogP contribution in [-0.2, 0) is 0 Å². The molecule has 17 heavy (non-hydrogen) atoms. The predicted molar refractivity (Wildman–Crippen MR) is 72.4 cm³/mol. The quantitative estimate of drug-likeness (QED) is 0.706. The third-order valence-corrected chi connectivity index (χ3v) is 4.13. The maximum absolute atomic E-state index is 3.44. The molecule has 2 aliphatic heterocycles. The maximum Gasteiger partial charge on any atom is 0.0110 e. The first kappa shape index (κ1) is 13.3. The number of nitrogens with one attached hydrogen (secondary N) is 2. The summed E-state index contributed by atoms with van der Waals surface area (Å²) in [5.41, 5.74) is 0. The van der Waals surface area contributed by atoms with Gasteiger partial charge in [0, 0.05) is 58.4 Å². The van der Waals surface area contributed by atoms with Crippen LogP contribution in [0.25, 0.3) is 0 Å². The Hall–Kier alpha value is -0.160. The van der Waals surface area contributed by atoms with Crippen molar-refractivity contribution in [2.75, 3.05) is 58.9 Å². The van der Waals surface area contributed by atoms with Crippen molar-refractivity contribution in [3.8, 4) is 0 Å². The van der Waals surface area contributed by atoms with Gasteiger partial charge < -0.3 is 15.5 Å². The van der Waals surface area contributed by atoms with Crippen molar-refractivity contribution in [2.45, 2.75) is 25.8 Å². The van der Waals surface area contributed by atoms with Crippen molar-refractivity contribution in [3.63, 3.8) is 0 Å². The van der Waals surface area contributed by atoms with Gasteiger partial charge in [0.25, 0.3) is 0 Å². The Balaban J connectivity index is 1.70. The largest absolute Gasteiger partial charge is 0.314 e. The van der Waals surface area contributed by atoms with Crippen molar-refractivity contribution < 1.29 is 0 Å². The molecule has 2 heterocycles. The topological polar surface area (TPSA) is 30.5 Å². The zero-order valence-electron chi connectivity index (χ0n) is 11.2. The van der Waals surface area contributed by atoms with E-state index in [9.17, 15) is 0 Å². The number of piperazine rings is 2. The molecule has 0 aromatic heterocycles. The fraction of sp³-hybridized carbons (Fsp3) is 1.00. The molecule has 0 aliphatic carbocycles. The summed E-state index contributed by atoms with van der Waals surface area (Å²) in [6, 6.07) is 0.798. The van der Waals surface area contributed by atoms with Crippen molar-refractivity contribution >= 4 is 0 Å². The van der Waals surface area contributed by atoms with Crippen LogP contribution in [0.2, 0.25) is 0 Å². The van der Waals surface area contributed by atoms with Crippen molar-refractivity contribution in [2.24, 2.45) is 0 Å². The molecule has 100 valence electrons. The Kier molecular flexibility index (Phi) is 5.71. The highest BCUT2D eigenvalue weighted by atomic mass is 15.2. The Morgan fingerprint density at radius 3 is 2.12 bits per heavy atom. The van der Waals surface area contributed by atoms with E-state index in [0.29, 0.717) is 0 Å². The molecular formula is C13H28N4. The van der Waals surface area contributed by atoms with Crippen LogP contribution in [0.4, 0.5) is 0 Å². The lowest BCUT2D eigenvalue weighted by atomic mass is 10.1. The van der Waals surface area contributed by atoms with Crippen LogP contribution in [0.3, 0.4) is 0 Å². The van der Waals surface area contributed by atoms with Gasteiger partial charge in [-0.2, -0.15) is 0 Å². The predicted octanol–water partition coefficient (Wildman–Crippen LogP) is -0.0345. The zero-order chi connectivity index (χ0) is 11.9. The van der Waals surface area contributed by atoms with Gasteiger partial charge in [-0.1, -0.05) is 6.92 Å². The molecule has 0 bridgehead atoms.